The molecule has 24 heavy (non-hydrogen) atoms. The van der Waals surface area contributed by atoms with Crippen LogP contribution in [0.15, 0.2) is 49.3 Å². The Kier molecular flexibility index (Phi) is 5.81. The molecule has 0 aliphatic carbocycles. The summed E-state index contributed by atoms with van der Waals surface area (Å²) in [6.45, 7) is 7.56. The Morgan fingerprint density at radius 1 is 1.21 bits per heavy atom. The lowest BCUT2D eigenvalue weighted by Crippen LogP contribution is -2.37. The van der Waals surface area contributed by atoms with Gasteiger partial charge >= 0.3 is 0 Å². The number of unbranched alkanes of at least 4 members (excludes halogenated alkanes) is 2. The number of benzene rings is 1. The number of hydrogen-bond donors (Lipinski definition) is 1. The molecule has 1 aliphatic heterocycles. The van der Waals surface area contributed by atoms with E-state index in [9.17, 15) is 0 Å². The fourth-order valence-electron chi connectivity index (χ4n) is 3.62. The van der Waals surface area contributed by atoms with Gasteiger partial charge in [-0.2, -0.15) is 0 Å². The number of pyridine rings is 1. The van der Waals surface area contributed by atoms with Gasteiger partial charge < -0.3 is 5.32 Å². The van der Waals surface area contributed by atoms with Crippen LogP contribution in [0.1, 0.15) is 54.9 Å². The van der Waals surface area contributed by atoms with Crippen molar-refractivity contribution in [3.8, 4) is 0 Å². The van der Waals surface area contributed by atoms with Crippen LogP contribution in [0.25, 0.3) is 5.57 Å². The van der Waals surface area contributed by atoms with Gasteiger partial charge in [0.2, 0.25) is 0 Å². The average molecular weight is 320 g/mol. The molecule has 1 aliphatic rings. The zero-order valence-electron chi connectivity index (χ0n) is 14.7. The van der Waals surface area contributed by atoms with E-state index in [1.165, 1.54) is 47.1 Å². The standard InChI is InChI=1S/C22H28N2/c1-3-4-5-7-17(2)21-9-6-8-19-15-20(24-16-22(19)21)14-18-10-12-23-13-11-18/h6,8-13,20,24H,2-5,7,14-16H2,1H3. The van der Waals surface area contributed by atoms with Gasteiger partial charge in [0, 0.05) is 25.0 Å². The van der Waals surface area contributed by atoms with Crippen LogP contribution in [0.4, 0.5) is 0 Å². The fourth-order valence-corrected chi connectivity index (χ4v) is 3.62. The van der Waals surface area contributed by atoms with Crippen molar-refractivity contribution < 1.29 is 0 Å². The lowest BCUT2D eigenvalue weighted by Gasteiger charge is -2.28. The quantitative estimate of drug-likeness (QED) is 0.732. The first kappa shape index (κ1) is 16.9. The molecule has 1 aromatic heterocycles. The molecule has 0 bridgehead atoms. The van der Waals surface area contributed by atoms with E-state index < -0.39 is 0 Å². The summed E-state index contributed by atoms with van der Waals surface area (Å²) in [5.74, 6) is 0. The zero-order valence-corrected chi connectivity index (χ0v) is 14.7. The van der Waals surface area contributed by atoms with E-state index in [0.717, 1.165) is 25.8 Å². The molecule has 2 heterocycles. The van der Waals surface area contributed by atoms with E-state index in [2.05, 4.69) is 54.1 Å². The Hall–Kier alpha value is -1.93. The third kappa shape index (κ3) is 4.12. The monoisotopic (exact) mass is 320 g/mol. The molecule has 3 rings (SSSR count). The Morgan fingerprint density at radius 2 is 2.04 bits per heavy atom. The van der Waals surface area contributed by atoms with Crippen molar-refractivity contribution in [1.82, 2.24) is 10.3 Å². The molecule has 0 radical (unpaired) electrons. The zero-order chi connectivity index (χ0) is 16.8. The molecule has 2 heteroatoms. The van der Waals surface area contributed by atoms with Gasteiger partial charge in [-0.25, -0.2) is 0 Å². The summed E-state index contributed by atoms with van der Waals surface area (Å²) >= 11 is 0. The largest absolute Gasteiger partial charge is 0.309 e. The third-order valence-corrected chi connectivity index (χ3v) is 5.00. The van der Waals surface area contributed by atoms with Gasteiger partial charge in [0.15, 0.2) is 0 Å². The van der Waals surface area contributed by atoms with Crippen LogP contribution < -0.4 is 5.32 Å². The van der Waals surface area contributed by atoms with Gasteiger partial charge in [0.1, 0.15) is 0 Å². The molecular weight excluding hydrogens is 292 g/mol. The summed E-state index contributed by atoms with van der Waals surface area (Å²) in [5.41, 5.74) is 6.98. The van der Waals surface area contributed by atoms with Gasteiger partial charge in [-0.3, -0.25) is 4.98 Å². The third-order valence-electron chi connectivity index (χ3n) is 5.00. The minimum absolute atomic E-state index is 0.503. The molecule has 0 amide bonds. The smallest absolute Gasteiger partial charge is 0.0270 e. The molecular formula is C22H28N2. The number of fused-ring (bicyclic) bond motifs is 1. The van der Waals surface area contributed by atoms with Crippen molar-refractivity contribution in [2.45, 2.75) is 58.0 Å². The maximum absolute atomic E-state index is 4.36. The highest BCUT2D eigenvalue weighted by atomic mass is 14.9. The summed E-state index contributed by atoms with van der Waals surface area (Å²) in [6, 6.07) is 11.5. The van der Waals surface area contributed by atoms with Crippen molar-refractivity contribution in [1.29, 1.82) is 0 Å². The van der Waals surface area contributed by atoms with Crippen molar-refractivity contribution in [2.75, 3.05) is 0 Å². The molecule has 1 atom stereocenters. The number of hydrogen-bond acceptors (Lipinski definition) is 2. The first-order valence-electron chi connectivity index (χ1n) is 9.19. The molecule has 1 aromatic carbocycles. The van der Waals surface area contributed by atoms with Crippen LogP contribution >= 0.6 is 0 Å². The second-order valence-corrected chi connectivity index (χ2v) is 6.85. The van der Waals surface area contributed by atoms with E-state index in [-0.39, 0.29) is 0 Å². The molecule has 126 valence electrons. The van der Waals surface area contributed by atoms with Crippen LogP contribution in [-0.2, 0) is 19.4 Å². The lowest BCUT2D eigenvalue weighted by atomic mass is 9.87. The maximum atomic E-state index is 4.36. The maximum Gasteiger partial charge on any atom is 0.0270 e. The van der Waals surface area contributed by atoms with Crippen LogP contribution in [0.5, 0.6) is 0 Å². The second-order valence-electron chi connectivity index (χ2n) is 6.85. The van der Waals surface area contributed by atoms with E-state index in [4.69, 9.17) is 0 Å². The summed E-state index contributed by atoms with van der Waals surface area (Å²) in [5, 5.41) is 3.72. The van der Waals surface area contributed by atoms with Crippen molar-refractivity contribution in [3.05, 3.63) is 71.6 Å². The fraction of sp³-hybridized carbons (Fsp3) is 0.409. The van der Waals surface area contributed by atoms with Gasteiger partial charge in [-0.05, 0) is 65.6 Å². The molecule has 0 fully saturated rings. The van der Waals surface area contributed by atoms with E-state index >= 15 is 0 Å². The number of nitrogens with one attached hydrogen (secondary N) is 1. The number of aromatic nitrogens is 1. The van der Waals surface area contributed by atoms with Gasteiger partial charge in [0.25, 0.3) is 0 Å². The van der Waals surface area contributed by atoms with Gasteiger partial charge in [-0.15, -0.1) is 0 Å². The normalized spacial score (nSPS) is 16.6. The molecule has 2 aromatic rings. The van der Waals surface area contributed by atoms with E-state index in [1.54, 1.807) is 0 Å². The van der Waals surface area contributed by atoms with Crippen LogP contribution in [0.3, 0.4) is 0 Å². The first-order valence-corrected chi connectivity index (χ1v) is 9.19. The van der Waals surface area contributed by atoms with E-state index in [1.807, 2.05) is 12.4 Å². The van der Waals surface area contributed by atoms with Crippen molar-refractivity contribution in [3.63, 3.8) is 0 Å². The second kappa shape index (κ2) is 8.25. The summed E-state index contributed by atoms with van der Waals surface area (Å²) < 4.78 is 0. The molecule has 0 saturated carbocycles. The first-order chi connectivity index (χ1) is 11.8. The topological polar surface area (TPSA) is 24.9 Å². The Balaban J connectivity index is 1.69. The minimum Gasteiger partial charge on any atom is -0.309 e. The highest BCUT2D eigenvalue weighted by Gasteiger charge is 2.20. The molecule has 1 N–H and O–H groups in total. The highest BCUT2D eigenvalue weighted by molar-refractivity contribution is 5.67. The number of allylic oxidation sites excluding steroid dienone is 1. The minimum atomic E-state index is 0.503. The Morgan fingerprint density at radius 3 is 2.83 bits per heavy atom. The summed E-state index contributed by atoms with van der Waals surface area (Å²) in [4.78, 5) is 4.11. The van der Waals surface area contributed by atoms with Crippen LogP contribution in [-0.4, -0.2) is 11.0 Å². The van der Waals surface area contributed by atoms with Gasteiger partial charge in [0.05, 0.1) is 0 Å². The molecule has 0 saturated heterocycles. The molecule has 1 unspecified atom stereocenters. The molecule has 2 nitrogen and oxygen atoms in total. The predicted molar refractivity (Wildman–Crippen MR) is 102 cm³/mol. The lowest BCUT2D eigenvalue weighted by molar-refractivity contribution is 0.476. The SMILES string of the molecule is C=C(CCCCC)c1cccc2c1CNC(Cc1ccncc1)C2. The van der Waals surface area contributed by atoms with Crippen LogP contribution in [0.2, 0.25) is 0 Å². The Bertz CT molecular complexity index is 676. The van der Waals surface area contributed by atoms with E-state index in [0.29, 0.717) is 6.04 Å². The summed E-state index contributed by atoms with van der Waals surface area (Å²) in [6.07, 6.45) is 10.8. The predicted octanol–water partition coefficient (Wildman–Crippen LogP) is 4.93. The van der Waals surface area contributed by atoms with Crippen LogP contribution in [0, 0.1) is 0 Å². The van der Waals surface area contributed by atoms with Gasteiger partial charge in [-0.1, -0.05) is 44.5 Å². The molecule has 0 spiro atoms. The summed E-state index contributed by atoms with van der Waals surface area (Å²) in [7, 11) is 0. The highest BCUT2D eigenvalue weighted by Crippen LogP contribution is 2.28. The average Bonchev–Trinajstić information content (AvgIpc) is 2.62. The number of nitrogens with zero attached hydrogens (tertiary/aromatic N) is 1. The Labute approximate surface area is 146 Å². The van der Waals surface area contributed by atoms with Crippen molar-refractivity contribution in [2.24, 2.45) is 0 Å². The number of rotatable bonds is 7. The van der Waals surface area contributed by atoms with Crippen molar-refractivity contribution >= 4 is 5.57 Å².